The number of carbonyl (C=O) groups is 2. The topological polar surface area (TPSA) is 67.2 Å². The van der Waals surface area contributed by atoms with Gasteiger partial charge in [0.05, 0.1) is 17.0 Å². The normalized spacial score (nSPS) is 17.7. The van der Waals surface area contributed by atoms with E-state index in [4.69, 9.17) is 0 Å². The molecule has 1 atom stereocenters. The van der Waals surface area contributed by atoms with Crippen molar-refractivity contribution in [2.45, 2.75) is 40.2 Å². The van der Waals surface area contributed by atoms with Crippen molar-refractivity contribution in [2.24, 2.45) is 11.8 Å². The van der Waals surface area contributed by atoms with Gasteiger partial charge >= 0.3 is 0 Å². The number of hydrogen-bond donors (Lipinski definition) is 1. The van der Waals surface area contributed by atoms with Crippen LogP contribution in [-0.2, 0) is 16.1 Å². The van der Waals surface area contributed by atoms with Gasteiger partial charge in [-0.1, -0.05) is 26.0 Å². The van der Waals surface area contributed by atoms with E-state index in [2.05, 4.69) is 14.9 Å². The highest BCUT2D eigenvalue weighted by molar-refractivity contribution is 5.82. The summed E-state index contributed by atoms with van der Waals surface area (Å²) >= 11 is 0. The third kappa shape index (κ3) is 3.89. The molecule has 1 fully saturated rings. The Morgan fingerprint density at radius 2 is 2.08 bits per heavy atom. The van der Waals surface area contributed by atoms with Gasteiger partial charge in [-0.05, 0) is 31.9 Å². The summed E-state index contributed by atoms with van der Waals surface area (Å²) in [6.45, 7) is 8.36. The van der Waals surface area contributed by atoms with Crippen molar-refractivity contribution in [1.82, 2.24) is 19.8 Å². The van der Waals surface area contributed by atoms with Crippen molar-refractivity contribution in [3.63, 3.8) is 0 Å². The van der Waals surface area contributed by atoms with Crippen LogP contribution in [0.5, 0.6) is 0 Å². The number of aryl methyl sites for hydroxylation is 1. The third-order valence-corrected chi connectivity index (χ3v) is 5.08. The smallest absolute Gasteiger partial charge is 0.225 e. The van der Waals surface area contributed by atoms with E-state index in [1.165, 1.54) is 0 Å². The highest BCUT2D eigenvalue weighted by atomic mass is 16.2. The molecule has 1 aliphatic rings. The fourth-order valence-electron chi connectivity index (χ4n) is 3.67. The Labute approximate surface area is 154 Å². The van der Waals surface area contributed by atoms with E-state index in [1.807, 2.05) is 49.9 Å². The van der Waals surface area contributed by atoms with E-state index in [0.717, 1.165) is 36.2 Å². The summed E-state index contributed by atoms with van der Waals surface area (Å²) in [7, 11) is 0. The highest BCUT2D eigenvalue weighted by Gasteiger charge is 2.29. The van der Waals surface area contributed by atoms with Gasteiger partial charge in [-0.25, -0.2) is 4.98 Å². The molecule has 3 rings (SSSR count). The van der Waals surface area contributed by atoms with Crippen LogP contribution in [0.4, 0.5) is 0 Å². The highest BCUT2D eigenvalue weighted by Crippen LogP contribution is 2.19. The maximum absolute atomic E-state index is 12.5. The Balaban J connectivity index is 1.55. The second-order valence-electron chi connectivity index (χ2n) is 7.37. The van der Waals surface area contributed by atoms with Crippen molar-refractivity contribution < 1.29 is 9.59 Å². The van der Waals surface area contributed by atoms with E-state index in [-0.39, 0.29) is 23.7 Å². The van der Waals surface area contributed by atoms with Crippen molar-refractivity contribution >= 4 is 22.8 Å². The van der Waals surface area contributed by atoms with Gasteiger partial charge in [0.1, 0.15) is 5.82 Å². The summed E-state index contributed by atoms with van der Waals surface area (Å²) in [5, 5.41) is 3.05. The molecule has 6 heteroatoms. The van der Waals surface area contributed by atoms with Crippen LogP contribution in [0.2, 0.25) is 0 Å². The molecule has 0 radical (unpaired) electrons. The number of para-hydroxylation sites is 2. The van der Waals surface area contributed by atoms with Crippen LogP contribution < -0.4 is 5.32 Å². The monoisotopic (exact) mass is 356 g/mol. The van der Waals surface area contributed by atoms with Crippen molar-refractivity contribution in [3.8, 4) is 0 Å². The first kappa shape index (κ1) is 18.4. The molecule has 140 valence electrons. The number of aromatic nitrogens is 2. The van der Waals surface area contributed by atoms with Crippen LogP contribution in [0.15, 0.2) is 24.3 Å². The number of nitrogens with zero attached hydrogens (tertiary/aromatic N) is 3. The number of nitrogens with one attached hydrogen (secondary N) is 1. The molecule has 2 heterocycles. The molecule has 1 aromatic heterocycles. The van der Waals surface area contributed by atoms with Gasteiger partial charge in [-0.15, -0.1) is 0 Å². The Morgan fingerprint density at radius 3 is 2.85 bits per heavy atom. The molecular weight excluding hydrogens is 328 g/mol. The summed E-state index contributed by atoms with van der Waals surface area (Å²) < 4.78 is 2.13. The number of hydrogen-bond acceptors (Lipinski definition) is 3. The van der Waals surface area contributed by atoms with E-state index in [0.29, 0.717) is 19.6 Å². The molecule has 1 N–H and O–H groups in total. The van der Waals surface area contributed by atoms with Gasteiger partial charge in [0, 0.05) is 32.1 Å². The van der Waals surface area contributed by atoms with Crippen LogP contribution in [0, 0.1) is 18.8 Å². The minimum atomic E-state index is -0.105. The zero-order valence-corrected chi connectivity index (χ0v) is 15.9. The largest absolute Gasteiger partial charge is 0.354 e. The van der Waals surface area contributed by atoms with E-state index < -0.39 is 0 Å². The molecular formula is C20H28N4O2. The van der Waals surface area contributed by atoms with Gasteiger partial charge in [0.15, 0.2) is 0 Å². The zero-order valence-electron chi connectivity index (χ0n) is 15.9. The maximum Gasteiger partial charge on any atom is 0.225 e. The number of rotatable bonds is 5. The summed E-state index contributed by atoms with van der Waals surface area (Å²) in [6, 6.07) is 8.03. The zero-order chi connectivity index (χ0) is 18.7. The molecule has 1 aromatic carbocycles. The first-order valence-corrected chi connectivity index (χ1v) is 9.45. The lowest BCUT2D eigenvalue weighted by molar-refractivity contribution is -0.138. The average molecular weight is 356 g/mol. The lowest BCUT2D eigenvalue weighted by atomic mass is 9.96. The lowest BCUT2D eigenvalue weighted by Crippen LogP contribution is -2.47. The van der Waals surface area contributed by atoms with Crippen molar-refractivity contribution in [3.05, 3.63) is 30.1 Å². The standard InChI is InChI=1S/C20H28N4O2/c1-14(2)20(26)23-11-6-7-16(13-23)19(25)21-10-12-24-15(3)22-17-8-4-5-9-18(17)24/h4-5,8-9,14,16H,6-7,10-13H2,1-3H3,(H,21,25)/t16-/m1/s1. The number of piperidine rings is 1. The van der Waals surface area contributed by atoms with Crippen LogP contribution in [0.25, 0.3) is 11.0 Å². The number of carbonyl (C=O) groups excluding carboxylic acids is 2. The molecule has 0 unspecified atom stereocenters. The summed E-state index contributed by atoms with van der Waals surface area (Å²) in [4.78, 5) is 31.1. The third-order valence-electron chi connectivity index (χ3n) is 5.08. The summed E-state index contributed by atoms with van der Waals surface area (Å²) in [5.41, 5.74) is 2.07. The SMILES string of the molecule is Cc1nc2ccccc2n1CCNC(=O)[C@@H]1CCCN(C(=O)C(C)C)C1. The van der Waals surface area contributed by atoms with Crippen molar-refractivity contribution in [2.75, 3.05) is 19.6 Å². The Kier molecular flexibility index (Phi) is 5.59. The average Bonchev–Trinajstić information content (AvgIpc) is 2.96. The number of imidazole rings is 1. The molecule has 26 heavy (non-hydrogen) atoms. The molecule has 0 saturated carbocycles. The first-order chi connectivity index (χ1) is 12.5. The molecule has 2 amide bonds. The van der Waals surface area contributed by atoms with Crippen LogP contribution in [0.1, 0.15) is 32.5 Å². The Hall–Kier alpha value is -2.37. The molecule has 2 aromatic rings. The summed E-state index contributed by atoms with van der Waals surface area (Å²) in [5.74, 6) is 1.02. The van der Waals surface area contributed by atoms with Gasteiger partial charge in [0.2, 0.25) is 11.8 Å². The minimum absolute atomic E-state index is 0.0192. The van der Waals surface area contributed by atoms with E-state index >= 15 is 0 Å². The maximum atomic E-state index is 12.5. The molecule has 1 aliphatic heterocycles. The molecule has 0 bridgehead atoms. The molecule has 0 spiro atoms. The molecule has 6 nitrogen and oxygen atoms in total. The van der Waals surface area contributed by atoms with E-state index in [1.54, 1.807) is 0 Å². The fraction of sp³-hybridized carbons (Fsp3) is 0.550. The second-order valence-corrected chi connectivity index (χ2v) is 7.37. The number of benzene rings is 1. The van der Waals surface area contributed by atoms with Gasteiger partial charge in [-0.2, -0.15) is 0 Å². The minimum Gasteiger partial charge on any atom is -0.354 e. The lowest BCUT2D eigenvalue weighted by Gasteiger charge is -2.33. The van der Waals surface area contributed by atoms with Crippen LogP contribution in [0.3, 0.4) is 0 Å². The predicted molar refractivity (Wildman–Crippen MR) is 102 cm³/mol. The van der Waals surface area contributed by atoms with Gasteiger partial charge < -0.3 is 14.8 Å². The predicted octanol–water partition coefficient (Wildman–Crippen LogP) is 2.36. The number of amides is 2. The molecule has 1 saturated heterocycles. The molecule has 0 aliphatic carbocycles. The van der Waals surface area contributed by atoms with Gasteiger partial charge in [0.25, 0.3) is 0 Å². The van der Waals surface area contributed by atoms with Crippen LogP contribution >= 0.6 is 0 Å². The summed E-state index contributed by atoms with van der Waals surface area (Å²) in [6.07, 6.45) is 1.74. The first-order valence-electron chi connectivity index (χ1n) is 9.45. The van der Waals surface area contributed by atoms with Crippen molar-refractivity contribution in [1.29, 1.82) is 0 Å². The Bertz CT molecular complexity index is 796. The Morgan fingerprint density at radius 1 is 1.31 bits per heavy atom. The van der Waals surface area contributed by atoms with Crippen LogP contribution in [-0.4, -0.2) is 45.9 Å². The quantitative estimate of drug-likeness (QED) is 0.894. The van der Waals surface area contributed by atoms with E-state index in [9.17, 15) is 9.59 Å². The number of likely N-dealkylation sites (tertiary alicyclic amines) is 1. The second kappa shape index (κ2) is 7.89. The van der Waals surface area contributed by atoms with Gasteiger partial charge in [-0.3, -0.25) is 9.59 Å². The number of fused-ring (bicyclic) bond motifs is 1. The fourth-order valence-corrected chi connectivity index (χ4v) is 3.67.